The molecule has 0 N–H and O–H groups in total. The second kappa shape index (κ2) is 4.65. The number of quaternary nitrogens is 1. The van der Waals surface area contributed by atoms with Crippen molar-refractivity contribution in [2.75, 3.05) is 21.2 Å². The average molecular weight is 222 g/mol. The lowest BCUT2D eigenvalue weighted by atomic mass is 10.5. The molecule has 0 fully saturated rings. The van der Waals surface area contributed by atoms with E-state index in [4.69, 9.17) is 0 Å². The Bertz CT molecular complexity index is 343. The highest BCUT2D eigenvalue weighted by molar-refractivity contribution is 7.80. The van der Waals surface area contributed by atoms with Gasteiger partial charge in [-0.25, -0.2) is 13.4 Å². The largest absolute Gasteiger partial charge is 0.726 e. The first-order valence-corrected chi connectivity index (χ1v) is 5.10. The summed E-state index contributed by atoms with van der Waals surface area (Å²) in [7, 11) is 0.595. The Morgan fingerprint density at radius 3 is 2.00 bits per heavy atom. The van der Waals surface area contributed by atoms with Crippen LogP contribution in [-0.2, 0) is 14.6 Å². The van der Waals surface area contributed by atoms with Gasteiger partial charge in [0.05, 0.1) is 27.4 Å². The molecule has 82 valence electrons. The smallest absolute Gasteiger partial charge is 0.217 e. The van der Waals surface area contributed by atoms with Gasteiger partial charge in [0.25, 0.3) is 0 Å². The molecule has 0 saturated heterocycles. The normalized spacial score (nSPS) is 18.5. The highest BCUT2D eigenvalue weighted by atomic mass is 32.3. The fourth-order valence-electron chi connectivity index (χ4n) is 0.565. The maximum Gasteiger partial charge on any atom is 0.217 e. The summed E-state index contributed by atoms with van der Waals surface area (Å²) in [6.45, 7) is 2.03. The topological polar surface area (TPSA) is 78.8 Å². The number of nitrogens with zero attached hydrogens (tertiary/aromatic N) is 2. The zero-order valence-corrected chi connectivity index (χ0v) is 9.41. The van der Waals surface area contributed by atoms with Gasteiger partial charge in [-0.15, -0.1) is 0 Å². The third-order valence-electron chi connectivity index (χ3n) is 1.74. The molecular weight excluding hydrogens is 208 g/mol. The van der Waals surface area contributed by atoms with E-state index >= 15 is 0 Å². The van der Waals surface area contributed by atoms with Gasteiger partial charge in [0.2, 0.25) is 16.2 Å². The van der Waals surface area contributed by atoms with E-state index in [1.165, 1.54) is 0 Å². The van der Waals surface area contributed by atoms with Crippen molar-refractivity contribution in [3.8, 4) is 0 Å². The van der Waals surface area contributed by atoms with E-state index in [2.05, 4.69) is 29.5 Å². The maximum atomic E-state index is 9.22. The van der Waals surface area contributed by atoms with E-state index in [-0.39, 0.29) is 0 Å². The van der Waals surface area contributed by atoms with Crippen LogP contribution in [0.4, 0.5) is 0 Å². The molecule has 0 saturated carbocycles. The molecule has 1 heterocycles. The zero-order valence-electron chi connectivity index (χ0n) is 8.59. The Morgan fingerprint density at radius 1 is 1.50 bits per heavy atom. The Hall–Kier alpha value is -0.760. The molecule has 1 rings (SSSR count). The highest BCUT2D eigenvalue weighted by Crippen LogP contribution is 2.07. The van der Waals surface area contributed by atoms with Crippen LogP contribution in [0, 0.1) is 0 Å². The summed E-state index contributed by atoms with van der Waals surface area (Å²) in [6, 6.07) is 0. The Kier molecular flexibility index (Phi) is 4.40. The molecule has 0 aromatic heterocycles. The molecule has 0 aliphatic carbocycles. The number of hydrogen-bond donors (Lipinski definition) is 0. The molecular formula is C7H14N2O4S. The minimum atomic E-state index is -4.41. The predicted molar refractivity (Wildman–Crippen MR) is 51.1 cm³/mol. The summed E-state index contributed by atoms with van der Waals surface area (Å²) in [5, 5.41) is 0. The van der Waals surface area contributed by atoms with Gasteiger partial charge >= 0.3 is 0 Å². The van der Waals surface area contributed by atoms with Crippen molar-refractivity contribution in [3.05, 3.63) is 12.4 Å². The molecule has 6 nitrogen and oxygen atoms in total. The fraction of sp³-hybridized carbons (Fsp3) is 0.571. The SMILES string of the molecule is CC1=NC=C[N+]1(C)C.COS(=O)(=O)[O-]. The summed E-state index contributed by atoms with van der Waals surface area (Å²) in [5.41, 5.74) is 0. The van der Waals surface area contributed by atoms with Gasteiger partial charge in [-0.05, 0) is 0 Å². The molecule has 0 bridgehead atoms. The van der Waals surface area contributed by atoms with Crippen LogP contribution in [0.2, 0.25) is 0 Å². The van der Waals surface area contributed by atoms with Crippen LogP contribution in [0.25, 0.3) is 0 Å². The maximum absolute atomic E-state index is 9.22. The lowest BCUT2D eigenvalue weighted by Gasteiger charge is -2.18. The van der Waals surface area contributed by atoms with Crippen LogP contribution < -0.4 is 0 Å². The number of hydrogen-bond acceptors (Lipinski definition) is 5. The first kappa shape index (κ1) is 13.2. The standard InChI is InChI=1S/C6H11N2.CH4O4S/c1-6-7-4-5-8(6,2)3;1-5-6(2,3)4/h4-5H,1-3H3;1H3,(H,2,3,4)/q+1;/p-1. The molecule has 1 aliphatic heterocycles. The van der Waals surface area contributed by atoms with Crippen molar-refractivity contribution >= 4 is 16.2 Å². The highest BCUT2D eigenvalue weighted by Gasteiger charge is 2.19. The molecule has 0 amide bonds. The predicted octanol–water partition coefficient (Wildman–Crippen LogP) is 0.0590. The van der Waals surface area contributed by atoms with Gasteiger partial charge < -0.3 is 4.55 Å². The van der Waals surface area contributed by atoms with Crippen molar-refractivity contribution in [3.63, 3.8) is 0 Å². The van der Waals surface area contributed by atoms with Gasteiger partial charge in [0.1, 0.15) is 6.20 Å². The van der Waals surface area contributed by atoms with Crippen LogP contribution >= 0.6 is 0 Å². The van der Waals surface area contributed by atoms with Gasteiger partial charge in [-0.3, -0.25) is 8.67 Å². The lowest BCUT2D eigenvalue weighted by Crippen LogP contribution is -2.35. The molecule has 0 unspecified atom stereocenters. The molecule has 0 atom stereocenters. The third-order valence-corrected chi connectivity index (χ3v) is 2.15. The molecule has 0 radical (unpaired) electrons. The van der Waals surface area contributed by atoms with Gasteiger partial charge in [-0.1, -0.05) is 0 Å². The number of aliphatic imine (C=N–C) groups is 1. The lowest BCUT2D eigenvalue weighted by molar-refractivity contribution is -0.740. The van der Waals surface area contributed by atoms with E-state index in [0.717, 1.165) is 17.4 Å². The zero-order chi connectivity index (χ0) is 11.4. The number of rotatable bonds is 1. The van der Waals surface area contributed by atoms with Crippen LogP contribution in [0.5, 0.6) is 0 Å². The minimum Gasteiger partial charge on any atom is -0.726 e. The summed E-state index contributed by atoms with van der Waals surface area (Å²) >= 11 is 0. The molecule has 0 aromatic rings. The average Bonchev–Trinajstić information content (AvgIpc) is 2.30. The fourth-order valence-corrected chi connectivity index (χ4v) is 0.565. The second-order valence-electron chi connectivity index (χ2n) is 3.09. The van der Waals surface area contributed by atoms with Crippen LogP contribution in [-0.4, -0.2) is 44.5 Å². The third kappa shape index (κ3) is 5.07. The van der Waals surface area contributed by atoms with Crippen molar-refractivity contribution in [1.29, 1.82) is 0 Å². The van der Waals surface area contributed by atoms with Gasteiger partial charge in [-0.2, -0.15) is 0 Å². The van der Waals surface area contributed by atoms with E-state index in [1.807, 2.05) is 13.1 Å². The van der Waals surface area contributed by atoms with E-state index in [9.17, 15) is 13.0 Å². The van der Waals surface area contributed by atoms with Crippen molar-refractivity contribution in [1.82, 2.24) is 0 Å². The first-order chi connectivity index (χ1) is 6.19. The van der Waals surface area contributed by atoms with Crippen LogP contribution in [0.15, 0.2) is 17.4 Å². The van der Waals surface area contributed by atoms with E-state index in [0.29, 0.717) is 0 Å². The molecule has 0 spiro atoms. The Morgan fingerprint density at radius 2 is 1.93 bits per heavy atom. The van der Waals surface area contributed by atoms with E-state index in [1.54, 1.807) is 0 Å². The molecule has 14 heavy (non-hydrogen) atoms. The molecule has 0 aromatic carbocycles. The second-order valence-corrected chi connectivity index (χ2v) is 4.24. The number of amidine groups is 1. The van der Waals surface area contributed by atoms with Gasteiger partial charge in [0, 0.05) is 6.92 Å². The van der Waals surface area contributed by atoms with Crippen LogP contribution in [0.3, 0.4) is 0 Å². The summed E-state index contributed by atoms with van der Waals surface area (Å²) in [6.07, 6.45) is 3.89. The van der Waals surface area contributed by atoms with Gasteiger partial charge in [0.15, 0.2) is 0 Å². The summed E-state index contributed by atoms with van der Waals surface area (Å²) in [5.74, 6) is 1.14. The first-order valence-electron chi connectivity index (χ1n) is 3.77. The quantitative estimate of drug-likeness (QED) is 0.357. The summed E-state index contributed by atoms with van der Waals surface area (Å²) in [4.78, 5) is 4.10. The van der Waals surface area contributed by atoms with E-state index < -0.39 is 10.4 Å². The Balaban J connectivity index is 0.000000255. The minimum absolute atomic E-state index is 0.806. The molecule has 1 aliphatic rings. The van der Waals surface area contributed by atoms with Crippen molar-refractivity contribution in [2.24, 2.45) is 4.99 Å². The monoisotopic (exact) mass is 222 g/mol. The summed E-state index contributed by atoms with van der Waals surface area (Å²) < 4.78 is 31.8. The van der Waals surface area contributed by atoms with Crippen molar-refractivity contribution < 1.29 is 21.6 Å². The van der Waals surface area contributed by atoms with Crippen LogP contribution in [0.1, 0.15) is 6.92 Å². The van der Waals surface area contributed by atoms with Crippen molar-refractivity contribution in [2.45, 2.75) is 6.92 Å². The molecule has 7 heteroatoms. The Labute approximate surface area is 84.1 Å².